The third-order valence-corrected chi connectivity index (χ3v) is 4.24. The number of furan rings is 1. The van der Waals surface area contributed by atoms with Crippen LogP contribution in [0.2, 0.25) is 0 Å². The lowest BCUT2D eigenvalue weighted by Gasteiger charge is -2.17. The molecule has 1 aromatic heterocycles. The fourth-order valence-electron chi connectivity index (χ4n) is 2.68. The van der Waals surface area contributed by atoms with Crippen molar-refractivity contribution in [1.82, 2.24) is 5.32 Å². The Balaban J connectivity index is 1.75. The number of carbonyl (C=O) groups excluding carboxylic acids is 1. The molecule has 2 aromatic rings. The zero-order chi connectivity index (χ0) is 14.8. The molecule has 110 valence electrons. The van der Waals surface area contributed by atoms with Gasteiger partial charge >= 0.3 is 0 Å². The summed E-state index contributed by atoms with van der Waals surface area (Å²) in [6, 6.07) is 10.9. The van der Waals surface area contributed by atoms with Crippen molar-refractivity contribution in [3.8, 4) is 0 Å². The summed E-state index contributed by atoms with van der Waals surface area (Å²) in [5.74, 6) is 1.51. The first-order valence-electron chi connectivity index (χ1n) is 6.83. The van der Waals surface area contributed by atoms with Crippen molar-refractivity contribution in [2.45, 2.75) is 24.3 Å². The van der Waals surface area contributed by atoms with E-state index in [1.54, 1.807) is 17.8 Å². The van der Waals surface area contributed by atoms with Crippen molar-refractivity contribution >= 4 is 17.7 Å². The van der Waals surface area contributed by atoms with Crippen molar-refractivity contribution in [2.24, 2.45) is 0 Å². The molecule has 0 unspecified atom stereocenters. The highest BCUT2D eigenvalue weighted by molar-refractivity contribution is 7.97. The van der Waals surface area contributed by atoms with Gasteiger partial charge in [0.2, 0.25) is 0 Å². The number of aliphatic hydroxyl groups excluding tert-OH is 1. The third kappa shape index (κ3) is 2.84. The van der Waals surface area contributed by atoms with E-state index in [0.717, 1.165) is 22.6 Å². The largest absolute Gasteiger partial charge is 0.455 e. The van der Waals surface area contributed by atoms with Crippen LogP contribution in [0, 0.1) is 0 Å². The molecule has 4 nitrogen and oxygen atoms in total. The Kier molecular flexibility index (Phi) is 4.03. The van der Waals surface area contributed by atoms with E-state index in [9.17, 15) is 9.90 Å². The van der Waals surface area contributed by atoms with Gasteiger partial charge in [0.25, 0.3) is 5.91 Å². The molecular formula is C16H17NO3S. The van der Waals surface area contributed by atoms with Gasteiger partial charge in [0.1, 0.15) is 5.76 Å². The summed E-state index contributed by atoms with van der Waals surface area (Å²) in [5, 5.41) is 13.0. The summed E-state index contributed by atoms with van der Waals surface area (Å²) < 4.78 is 5.50. The molecule has 1 aromatic carbocycles. The minimum absolute atomic E-state index is 0.288. The maximum atomic E-state index is 12.3. The van der Waals surface area contributed by atoms with Gasteiger partial charge in [-0.3, -0.25) is 4.79 Å². The summed E-state index contributed by atoms with van der Waals surface area (Å²) in [6.07, 6.45) is 1.96. The first kappa shape index (κ1) is 14.2. The van der Waals surface area contributed by atoms with Gasteiger partial charge in [-0.05, 0) is 29.5 Å². The SMILES string of the molecule is CSCc1ccc(C(=O)N[C@@H]2c3ccccc3C[C@@H]2O)o1. The van der Waals surface area contributed by atoms with Crippen molar-refractivity contribution in [3.63, 3.8) is 0 Å². The number of rotatable bonds is 4. The van der Waals surface area contributed by atoms with Gasteiger partial charge in [0, 0.05) is 6.42 Å². The second-order valence-corrected chi connectivity index (χ2v) is 5.99. The second-order valence-electron chi connectivity index (χ2n) is 5.12. The molecule has 21 heavy (non-hydrogen) atoms. The maximum Gasteiger partial charge on any atom is 0.287 e. The zero-order valence-corrected chi connectivity index (χ0v) is 12.5. The van der Waals surface area contributed by atoms with Crippen LogP contribution in [0.15, 0.2) is 40.8 Å². The van der Waals surface area contributed by atoms with Crippen LogP contribution in [0.5, 0.6) is 0 Å². The number of thioether (sulfide) groups is 1. The van der Waals surface area contributed by atoms with Gasteiger partial charge in [-0.2, -0.15) is 11.8 Å². The molecule has 0 fully saturated rings. The van der Waals surface area contributed by atoms with Gasteiger partial charge in [0.05, 0.1) is 17.9 Å². The number of fused-ring (bicyclic) bond motifs is 1. The van der Waals surface area contributed by atoms with Crippen molar-refractivity contribution in [1.29, 1.82) is 0 Å². The number of hydrogen-bond donors (Lipinski definition) is 2. The Labute approximate surface area is 127 Å². The van der Waals surface area contributed by atoms with Gasteiger partial charge < -0.3 is 14.8 Å². The predicted molar refractivity (Wildman–Crippen MR) is 82.3 cm³/mol. The monoisotopic (exact) mass is 303 g/mol. The fraction of sp³-hybridized carbons (Fsp3) is 0.312. The lowest BCUT2D eigenvalue weighted by molar-refractivity contribution is 0.0830. The second kappa shape index (κ2) is 5.95. The number of benzene rings is 1. The van der Waals surface area contributed by atoms with Crippen LogP contribution in [-0.4, -0.2) is 23.4 Å². The van der Waals surface area contributed by atoms with Crippen molar-refractivity contribution in [2.75, 3.05) is 6.26 Å². The van der Waals surface area contributed by atoms with Gasteiger partial charge in [-0.25, -0.2) is 0 Å². The van der Waals surface area contributed by atoms with E-state index < -0.39 is 6.10 Å². The van der Waals surface area contributed by atoms with Crippen molar-refractivity contribution in [3.05, 3.63) is 59.0 Å². The summed E-state index contributed by atoms with van der Waals surface area (Å²) in [4.78, 5) is 12.3. The van der Waals surface area contributed by atoms with Crippen LogP contribution in [-0.2, 0) is 12.2 Å². The molecule has 0 radical (unpaired) electrons. The topological polar surface area (TPSA) is 62.5 Å². The normalized spacial score (nSPS) is 20.3. The quantitative estimate of drug-likeness (QED) is 0.911. The molecule has 0 saturated heterocycles. The summed E-state index contributed by atoms with van der Waals surface area (Å²) in [6.45, 7) is 0. The van der Waals surface area contributed by atoms with Crippen molar-refractivity contribution < 1.29 is 14.3 Å². The Morgan fingerprint density at radius 1 is 1.38 bits per heavy atom. The predicted octanol–water partition coefficient (Wildman–Crippen LogP) is 2.53. The van der Waals surface area contributed by atoms with E-state index in [2.05, 4.69) is 5.32 Å². The standard InChI is InChI=1S/C16H17NO3S/c1-21-9-11-6-7-14(20-11)16(19)17-15-12-5-3-2-4-10(12)8-13(15)18/h2-7,13,15,18H,8-9H2,1H3,(H,17,19)/t13-,15+/m0/s1. The van der Waals surface area contributed by atoms with Gasteiger partial charge in [-0.1, -0.05) is 24.3 Å². The summed E-state index contributed by atoms with van der Waals surface area (Å²) in [5.41, 5.74) is 2.06. The van der Waals surface area contributed by atoms with Crippen LogP contribution >= 0.6 is 11.8 Å². The van der Waals surface area contributed by atoms with Crippen LogP contribution in [0.4, 0.5) is 0 Å². The van der Waals surface area contributed by atoms with Crippen LogP contribution < -0.4 is 5.32 Å². The number of aliphatic hydroxyl groups is 1. The number of nitrogens with one attached hydrogen (secondary N) is 1. The van der Waals surface area contributed by atoms with E-state index in [4.69, 9.17) is 4.42 Å². The maximum absolute atomic E-state index is 12.3. The van der Waals surface area contributed by atoms with Gasteiger partial charge in [-0.15, -0.1) is 0 Å². The molecule has 0 aliphatic heterocycles. The van der Waals surface area contributed by atoms with Gasteiger partial charge in [0.15, 0.2) is 5.76 Å². The van der Waals surface area contributed by atoms with E-state index in [-0.39, 0.29) is 17.7 Å². The Hall–Kier alpha value is -1.72. The molecular weight excluding hydrogens is 286 g/mol. The molecule has 1 heterocycles. The number of carbonyl (C=O) groups is 1. The highest BCUT2D eigenvalue weighted by atomic mass is 32.2. The smallest absolute Gasteiger partial charge is 0.287 e. The first-order chi connectivity index (χ1) is 10.2. The molecule has 1 aliphatic rings. The number of amides is 1. The highest BCUT2D eigenvalue weighted by Gasteiger charge is 2.32. The third-order valence-electron chi connectivity index (χ3n) is 3.66. The molecule has 1 amide bonds. The molecule has 3 rings (SSSR count). The number of hydrogen-bond acceptors (Lipinski definition) is 4. The van der Waals surface area contributed by atoms with Crippen LogP contribution in [0.25, 0.3) is 0 Å². The Bertz CT molecular complexity index is 652. The fourth-order valence-corrected chi connectivity index (χ4v) is 3.12. The lowest BCUT2D eigenvalue weighted by atomic mass is 10.1. The van der Waals surface area contributed by atoms with E-state index in [1.165, 1.54) is 0 Å². The first-order valence-corrected chi connectivity index (χ1v) is 8.23. The minimum atomic E-state index is -0.591. The van der Waals surface area contributed by atoms with E-state index in [0.29, 0.717) is 6.42 Å². The van der Waals surface area contributed by atoms with Crippen LogP contribution in [0.3, 0.4) is 0 Å². The lowest BCUT2D eigenvalue weighted by Crippen LogP contribution is -2.33. The summed E-state index contributed by atoms with van der Waals surface area (Å²) >= 11 is 1.64. The minimum Gasteiger partial charge on any atom is -0.455 e. The van der Waals surface area contributed by atoms with E-state index >= 15 is 0 Å². The zero-order valence-electron chi connectivity index (χ0n) is 11.7. The molecule has 0 bridgehead atoms. The Morgan fingerprint density at radius 3 is 3.00 bits per heavy atom. The summed E-state index contributed by atoms with van der Waals surface area (Å²) in [7, 11) is 0. The average molecular weight is 303 g/mol. The molecule has 1 aliphatic carbocycles. The molecule has 2 N–H and O–H groups in total. The van der Waals surface area contributed by atoms with Crippen LogP contribution in [0.1, 0.15) is 33.5 Å². The molecule has 2 atom stereocenters. The highest BCUT2D eigenvalue weighted by Crippen LogP contribution is 2.31. The molecule has 0 saturated carbocycles. The van der Waals surface area contributed by atoms with E-state index in [1.807, 2.05) is 36.6 Å². The average Bonchev–Trinajstić information content (AvgIpc) is 3.05. The molecule has 0 spiro atoms. The Morgan fingerprint density at radius 2 is 2.19 bits per heavy atom. The molecule has 5 heteroatoms.